The van der Waals surface area contributed by atoms with E-state index < -0.39 is 30.1 Å². The number of likely N-dealkylation sites (tertiary alicyclic amines) is 1. The molecule has 1 saturated heterocycles. The number of hydrogen-bond acceptors (Lipinski definition) is 5. The van der Waals surface area contributed by atoms with Crippen molar-refractivity contribution in [2.24, 2.45) is 5.41 Å². The lowest BCUT2D eigenvalue weighted by molar-refractivity contribution is -0.140. The number of benzene rings is 2. The van der Waals surface area contributed by atoms with Crippen LogP contribution in [0.15, 0.2) is 54.6 Å². The number of halogens is 1. The number of ether oxygens (including phenoxy) is 1. The molecular formula is C30H38FN3O5. The molecule has 39 heavy (non-hydrogen) atoms. The first-order chi connectivity index (χ1) is 18.5. The Hall–Kier alpha value is -3.75. The molecule has 8 nitrogen and oxygen atoms in total. The predicted molar refractivity (Wildman–Crippen MR) is 145 cm³/mol. The molecule has 2 aromatic carbocycles. The van der Waals surface area contributed by atoms with Crippen LogP contribution in [0.5, 0.6) is 0 Å². The van der Waals surface area contributed by atoms with Crippen LogP contribution < -0.4 is 10.6 Å². The third-order valence-corrected chi connectivity index (χ3v) is 6.83. The van der Waals surface area contributed by atoms with Gasteiger partial charge in [-0.25, -0.2) is 9.18 Å². The molecule has 1 fully saturated rings. The second kappa shape index (κ2) is 13.4. The number of carbonyl (C=O) groups is 4. The smallest absolute Gasteiger partial charge is 0.409 e. The molecule has 3 atom stereocenters. The number of rotatable bonds is 11. The molecule has 1 unspecified atom stereocenters. The number of Topliss-reactive ketones (excluding diaryl/α,β-unsaturated/α-hetero) is 1. The zero-order valence-electron chi connectivity index (χ0n) is 23.0. The Morgan fingerprint density at radius 1 is 1.05 bits per heavy atom. The summed E-state index contributed by atoms with van der Waals surface area (Å²) in [6.45, 7) is 8.05. The topological polar surface area (TPSA) is 105 Å². The van der Waals surface area contributed by atoms with Crippen molar-refractivity contribution in [1.29, 1.82) is 0 Å². The second-order valence-corrected chi connectivity index (χ2v) is 10.9. The Morgan fingerprint density at radius 2 is 1.72 bits per heavy atom. The van der Waals surface area contributed by atoms with E-state index >= 15 is 0 Å². The molecule has 1 heterocycles. The number of amides is 3. The summed E-state index contributed by atoms with van der Waals surface area (Å²) in [6.07, 6.45) is 0.425. The third kappa shape index (κ3) is 8.63. The van der Waals surface area contributed by atoms with Crippen molar-refractivity contribution < 1.29 is 28.3 Å². The lowest BCUT2D eigenvalue weighted by atomic mass is 9.93. The van der Waals surface area contributed by atoms with Crippen LogP contribution in [0.2, 0.25) is 0 Å². The van der Waals surface area contributed by atoms with Gasteiger partial charge in [-0.1, -0.05) is 76.1 Å². The molecule has 0 saturated carbocycles. The maximum Gasteiger partial charge on any atom is 0.409 e. The molecule has 0 aliphatic carbocycles. The second-order valence-electron chi connectivity index (χ2n) is 10.9. The van der Waals surface area contributed by atoms with Gasteiger partial charge in [0.2, 0.25) is 11.7 Å². The van der Waals surface area contributed by atoms with Gasteiger partial charge in [0, 0.05) is 13.0 Å². The number of unbranched alkanes of at least 4 members (excludes halogenated alkanes) is 1. The van der Waals surface area contributed by atoms with Gasteiger partial charge in [0.25, 0.3) is 5.91 Å². The van der Waals surface area contributed by atoms with E-state index in [1.807, 2.05) is 51.1 Å². The Bertz CT molecular complexity index is 1150. The molecule has 3 rings (SSSR count). The lowest BCUT2D eigenvalue weighted by Crippen LogP contribution is -2.49. The van der Waals surface area contributed by atoms with Crippen molar-refractivity contribution in [2.45, 2.75) is 78.1 Å². The summed E-state index contributed by atoms with van der Waals surface area (Å²) in [5.74, 6) is -2.18. The molecule has 1 aliphatic heterocycles. The first-order valence-corrected chi connectivity index (χ1v) is 13.4. The van der Waals surface area contributed by atoms with Gasteiger partial charge in [-0.2, -0.15) is 0 Å². The summed E-state index contributed by atoms with van der Waals surface area (Å²) >= 11 is 0. The highest BCUT2D eigenvalue weighted by atomic mass is 19.1. The number of nitrogens with zero attached hydrogens (tertiary/aromatic N) is 1. The fourth-order valence-electron chi connectivity index (χ4n) is 4.67. The van der Waals surface area contributed by atoms with E-state index in [-0.39, 0.29) is 36.0 Å². The van der Waals surface area contributed by atoms with Gasteiger partial charge in [0.1, 0.15) is 11.9 Å². The van der Waals surface area contributed by atoms with Crippen molar-refractivity contribution in [1.82, 2.24) is 15.5 Å². The fourth-order valence-corrected chi connectivity index (χ4v) is 4.67. The summed E-state index contributed by atoms with van der Waals surface area (Å²) in [6, 6.07) is 13.5. The zero-order chi connectivity index (χ0) is 28.6. The standard InChI is InChI=1S/C30H38FN3O5/c1-5-6-12-24(27(36)28(37)32-20(2)22-10-8-7-9-11-22)33-29(38)39-26-18-30(3,4)19-34(26)25(35)17-21-13-15-23(31)16-14-21/h7-11,13-16,20,24,26H,5-6,12,17-19H2,1-4H3,(H,32,37)(H,33,38)/t20-,24+,26?/m1/s1. The van der Waals surface area contributed by atoms with Gasteiger partial charge >= 0.3 is 6.09 Å². The molecular weight excluding hydrogens is 501 g/mol. The largest absolute Gasteiger partial charge is 0.425 e. The van der Waals surface area contributed by atoms with Crippen molar-refractivity contribution in [2.75, 3.05) is 6.54 Å². The van der Waals surface area contributed by atoms with E-state index in [2.05, 4.69) is 10.6 Å². The van der Waals surface area contributed by atoms with Gasteiger partial charge < -0.3 is 20.3 Å². The number of alkyl carbamates (subject to hydrolysis) is 1. The normalized spacial score (nSPS) is 17.7. The van der Waals surface area contributed by atoms with E-state index in [0.717, 1.165) is 12.0 Å². The molecule has 2 aromatic rings. The molecule has 1 aliphatic rings. The van der Waals surface area contributed by atoms with E-state index in [0.29, 0.717) is 24.9 Å². The van der Waals surface area contributed by atoms with Crippen LogP contribution in [0.1, 0.15) is 70.5 Å². The molecule has 3 amide bonds. The van der Waals surface area contributed by atoms with E-state index in [4.69, 9.17) is 4.74 Å². The minimum atomic E-state index is -1.06. The SMILES string of the molecule is CCCC[C@H](NC(=O)OC1CC(C)(C)CN1C(=O)Cc1ccc(F)cc1)C(=O)C(=O)N[C@H](C)c1ccccc1. The first kappa shape index (κ1) is 29.8. The highest BCUT2D eigenvalue weighted by Gasteiger charge is 2.42. The van der Waals surface area contributed by atoms with E-state index in [9.17, 15) is 23.6 Å². The quantitative estimate of drug-likeness (QED) is 0.404. The van der Waals surface area contributed by atoms with Crippen LogP contribution in [0.4, 0.5) is 9.18 Å². The van der Waals surface area contributed by atoms with Crippen LogP contribution >= 0.6 is 0 Å². The summed E-state index contributed by atoms with van der Waals surface area (Å²) in [4.78, 5) is 53.3. The Balaban J connectivity index is 1.64. The maximum absolute atomic E-state index is 13.3. The summed E-state index contributed by atoms with van der Waals surface area (Å²) in [5.41, 5.74) is 1.20. The Morgan fingerprint density at radius 3 is 2.36 bits per heavy atom. The third-order valence-electron chi connectivity index (χ3n) is 6.83. The molecule has 0 spiro atoms. The molecule has 2 N–H and O–H groups in total. The van der Waals surface area contributed by atoms with E-state index in [1.54, 1.807) is 19.1 Å². The highest BCUT2D eigenvalue weighted by Crippen LogP contribution is 2.35. The molecule has 9 heteroatoms. The Labute approximate surface area is 229 Å². The van der Waals surface area contributed by atoms with Gasteiger partial charge in [0.05, 0.1) is 12.5 Å². The van der Waals surface area contributed by atoms with Crippen LogP contribution in [-0.4, -0.2) is 47.4 Å². The van der Waals surface area contributed by atoms with Crippen LogP contribution in [0.25, 0.3) is 0 Å². The van der Waals surface area contributed by atoms with Gasteiger partial charge in [-0.05, 0) is 42.0 Å². The minimum absolute atomic E-state index is 0.0369. The molecule has 0 bridgehead atoms. The maximum atomic E-state index is 13.3. The fraction of sp³-hybridized carbons (Fsp3) is 0.467. The first-order valence-electron chi connectivity index (χ1n) is 13.4. The van der Waals surface area contributed by atoms with Gasteiger partial charge in [0.15, 0.2) is 6.23 Å². The van der Waals surface area contributed by atoms with Gasteiger partial charge in [-0.3, -0.25) is 14.4 Å². The lowest BCUT2D eigenvalue weighted by Gasteiger charge is -2.26. The molecule has 0 radical (unpaired) electrons. The van der Waals surface area contributed by atoms with Crippen molar-refractivity contribution in [3.8, 4) is 0 Å². The van der Waals surface area contributed by atoms with E-state index in [1.165, 1.54) is 17.0 Å². The highest BCUT2D eigenvalue weighted by molar-refractivity contribution is 6.38. The average Bonchev–Trinajstić information content (AvgIpc) is 3.21. The number of hydrogen-bond donors (Lipinski definition) is 2. The number of nitrogens with one attached hydrogen (secondary N) is 2. The minimum Gasteiger partial charge on any atom is -0.425 e. The van der Waals surface area contributed by atoms with Crippen LogP contribution in [0, 0.1) is 11.2 Å². The monoisotopic (exact) mass is 539 g/mol. The van der Waals surface area contributed by atoms with Crippen molar-refractivity contribution in [3.05, 3.63) is 71.5 Å². The van der Waals surface area contributed by atoms with Crippen molar-refractivity contribution >= 4 is 23.7 Å². The van der Waals surface area contributed by atoms with Gasteiger partial charge in [-0.15, -0.1) is 0 Å². The summed E-state index contributed by atoms with van der Waals surface area (Å²) < 4.78 is 18.9. The molecule has 210 valence electrons. The van der Waals surface area contributed by atoms with Crippen LogP contribution in [-0.2, 0) is 25.5 Å². The number of ketones is 1. The predicted octanol–water partition coefficient (Wildman–Crippen LogP) is 4.68. The number of carbonyl (C=O) groups excluding carboxylic acids is 4. The molecule has 0 aromatic heterocycles. The zero-order valence-corrected chi connectivity index (χ0v) is 23.0. The summed E-state index contributed by atoms with van der Waals surface area (Å²) in [7, 11) is 0. The average molecular weight is 540 g/mol. The summed E-state index contributed by atoms with van der Waals surface area (Å²) in [5, 5.41) is 5.27. The Kier molecular flexibility index (Phi) is 10.2. The van der Waals surface area contributed by atoms with Crippen LogP contribution in [0.3, 0.4) is 0 Å². The van der Waals surface area contributed by atoms with Crippen molar-refractivity contribution in [3.63, 3.8) is 0 Å².